The normalized spacial score (nSPS) is 10.4. The number of aliphatic hydroxyl groups excluding tert-OH is 1. The fourth-order valence-electron chi connectivity index (χ4n) is 1.75. The summed E-state index contributed by atoms with van der Waals surface area (Å²) in [4.78, 5) is 11.6. The molecule has 0 unspecified atom stereocenters. The number of methoxy groups -OCH3 is 1. The van der Waals surface area contributed by atoms with Gasteiger partial charge in [0.15, 0.2) is 5.78 Å². The molecule has 0 fully saturated rings. The minimum Gasteiger partial charge on any atom is -0.496 e. The van der Waals surface area contributed by atoms with Crippen molar-refractivity contribution in [1.29, 1.82) is 0 Å². The van der Waals surface area contributed by atoms with Gasteiger partial charge in [0.1, 0.15) is 12.4 Å². The number of ketones is 1. The molecule has 0 saturated heterocycles. The fraction of sp³-hybridized carbons (Fsp3) is 0.417. The van der Waals surface area contributed by atoms with Crippen molar-refractivity contribution in [3.63, 3.8) is 0 Å². The van der Waals surface area contributed by atoms with Crippen LogP contribution in [0.25, 0.3) is 0 Å². The van der Waals surface area contributed by atoms with Gasteiger partial charge in [-0.15, -0.1) is 0 Å². The quantitative estimate of drug-likeness (QED) is 0.829. The van der Waals surface area contributed by atoms with Crippen molar-refractivity contribution in [2.75, 3.05) is 13.7 Å². The van der Waals surface area contributed by atoms with Crippen molar-refractivity contribution in [2.45, 2.75) is 20.8 Å². The Morgan fingerprint density at radius 1 is 1.25 bits per heavy atom. The van der Waals surface area contributed by atoms with E-state index >= 15 is 0 Å². The van der Waals surface area contributed by atoms with E-state index < -0.39 is 6.61 Å². The van der Waals surface area contributed by atoms with E-state index in [1.54, 1.807) is 6.92 Å². The average Bonchev–Trinajstić information content (AvgIpc) is 2.29. The fourth-order valence-corrected chi connectivity index (χ4v) is 1.99. The van der Waals surface area contributed by atoms with Crippen molar-refractivity contribution in [3.8, 4) is 5.75 Å². The van der Waals surface area contributed by atoms with Gasteiger partial charge in [-0.25, -0.2) is 0 Å². The number of ether oxygens (including phenoxy) is 1. The monoisotopic (exact) mass is 242 g/mol. The summed E-state index contributed by atoms with van der Waals surface area (Å²) < 4.78 is 5.23. The number of halogens is 1. The van der Waals surface area contributed by atoms with Gasteiger partial charge in [0.25, 0.3) is 0 Å². The Balaban J connectivity index is 3.64. The van der Waals surface area contributed by atoms with Crippen LogP contribution in [0.4, 0.5) is 0 Å². The van der Waals surface area contributed by atoms with Crippen LogP contribution in [0.1, 0.15) is 27.0 Å². The maximum atomic E-state index is 11.6. The van der Waals surface area contributed by atoms with Crippen LogP contribution in [0.3, 0.4) is 0 Å². The van der Waals surface area contributed by atoms with Crippen molar-refractivity contribution in [2.24, 2.45) is 0 Å². The highest BCUT2D eigenvalue weighted by Gasteiger charge is 2.21. The molecule has 16 heavy (non-hydrogen) atoms. The molecule has 3 nitrogen and oxygen atoms in total. The summed E-state index contributed by atoms with van der Waals surface area (Å²) in [7, 11) is 1.50. The lowest BCUT2D eigenvalue weighted by Crippen LogP contribution is -2.11. The molecule has 1 N–H and O–H groups in total. The third kappa shape index (κ3) is 1.93. The van der Waals surface area contributed by atoms with Crippen molar-refractivity contribution < 1.29 is 14.6 Å². The van der Waals surface area contributed by atoms with Gasteiger partial charge >= 0.3 is 0 Å². The molecule has 0 saturated carbocycles. The lowest BCUT2D eigenvalue weighted by Gasteiger charge is -2.17. The minimum absolute atomic E-state index is 0.373. The number of rotatable bonds is 3. The summed E-state index contributed by atoms with van der Waals surface area (Å²) in [6, 6.07) is 0. The Kier molecular flexibility index (Phi) is 3.94. The van der Waals surface area contributed by atoms with Crippen LogP contribution in [-0.4, -0.2) is 24.6 Å². The van der Waals surface area contributed by atoms with Gasteiger partial charge in [-0.05, 0) is 37.5 Å². The molecule has 0 atom stereocenters. The highest BCUT2D eigenvalue weighted by molar-refractivity contribution is 6.33. The number of carbonyl (C=O) groups is 1. The van der Waals surface area contributed by atoms with E-state index in [0.717, 1.165) is 11.1 Å². The Morgan fingerprint density at radius 3 is 2.25 bits per heavy atom. The van der Waals surface area contributed by atoms with Crippen LogP contribution in [0.15, 0.2) is 0 Å². The molecule has 0 bridgehead atoms. The van der Waals surface area contributed by atoms with E-state index in [-0.39, 0.29) is 5.78 Å². The molecular formula is C12H15ClO3. The highest BCUT2D eigenvalue weighted by Crippen LogP contribution is 2.35. The molecule has 88 valence electrons. The van der Waals surface area contributed by atoms with E-state index in [0.29, 0.717) is 21.9 Å². The Morgan fingerprint density at radius 2 is 1.81 bits per heavy atom. The molecule has 0 aliphatic rings. The lowest BCUT2D eigenvalue weighted by atomic mass is 9.96. The van der Waals surface area contributed by atoms with Crippen LogP contribution in [0, 0.1) is 20.8 Å². The zero-order valence-electron chi connectivity index (χ0n) is 9.85. The predicted molar refractivity (Wildman–Crippen MR) is 63.6 cm³/mol. The van der Waals surface area contributed by atoms with Gasteiger partial charge in [0.05, 0.1) is 12.7 Å². The second kappa shape index (κ2) is 4.85. The van der Waals surface area contributed by atoms with Crippen molar-refractivity contribution in [3.05, 3.63) is 27.3 Å². The number of hydrogen-bond acceptors (Lipinski definition) is 3. The zero-order chi connectivity index (χ0) is 12.5. The predicted octanol–water partition coefficient (Wildman–Crippen LogP) is 2.45. The highest BCUT2D eigenvalue weighted by atomic mass is 35.5. The molecule has 1 aromatic rings. The SMILES string of the molecule is COc1c(C)c(C)c(Cl)c(C)c1C(=O)CO. The molecule has 0 radical (unpaired) electrons. The van der Waals surface area contributed by atoms with Crippen LogP contribution < -0.4 is 4.74 Å². The number of aliphatic hydroxyl groups is 1. The number of carbonyl (C=O) groups excluding carboxylic acids is 1. The maximum absolute atomic E-state index is 11.6. The van der Waals surface area contributed by atoms with Gasteiger partial charge in [0, 0.05) is 5.02 Å². The first-order valence-electron chi connectivity index (χ1n) is 4.93. The molecule has 0 heterocycles. The molecule has 0 aliphatic carbocycles. The van der Waals surface area contributed by atoms with Crippen LogP contribution in [0.2, 0.25) is 5.02 Å². The van der Waals surface area contributed by atoms with E-state index in [1.165, 1.54) is 7.11 Å². The minimum atomic E-state index is -0.546. The summed E-state index contributed by atoms with van der Waals surface area (Å²) in [5, 5.41) is 9.49. The van der Waals surface area contributed by atoms with Gasteiger partial charge in [-0.1, -0.05) is 11.6 Å². The van der Waals surface area contributed by atoms with E-state index in [1.807, 2.05) is 13.8 Å². The Bertz CT molecular complexity index is 439. The van der Waals surface area contributed by atoms with Crippen molar-refractivity contribution in [1.82, 2.24) is 0 Å². The van der Waals surface area contributed by atoms with Gasteiger partial charge in [0.2, 0.25) is 0 Å². The third-order valence-electron chi connectivity index (χ3n) is 2.79. The van der Waals surface area contributed by atoms with Crippen LogP contribution in [0.5, 0.6) is 5.75 Å². The van der Waals surface area contributed by atoms with Gasteiger partial charge in [-0.3, -0.25) is 4.79 Å². The van der Waals surface area contributed by atoms with Gasteiger partial charge in [-0.2, -0.15) is 0 Å². The summed E-state index contributed by atoms with van der Waals surface area (Å²) >= 11 is 6.13. The number of hydrogen-bond donors (Lipinski definition) is 1. The van der Waals surface area contributed by atoms with E-state index in [9.17, 15) is 4.79 Å². The Hall–Kier alpha value is -1.06. The van der Waals surface area contributed by atoms with Crippen LogP contribution in [-0.2, 0) is 0 Å². The maximum Gasteiger partial charge on any atom is 0.192 e. The molecular weight excluding hydrogens is 228 g/mol. The molecule has 0 spiro atoms. The second-order valence-corrected chi connectivity index (χ2v) is 4.06. The second-order valence-electron chi connectivity index (χ2n) is 3.68. The number of Topliss-reactive ketones (excluding diaryl/α,β-unsaturated/α-hetero) is 1. The lowest BCUT2D eigenvalue weighted by molar-refractivity contribution is 0.0900. The summed E-state index contributed by atoms with van der Waals surface area (Å²) in [5.41, 5.74) is 2.75. The molecule has 1 aromatic carbocycles. The molecule has 4 heteroatoms. The smallest absolute Gasteiger partial charge is 0.192 e. The third-order valence-corrected chi connectivity index (χ3v) is 3.36. The van der Waals surface area contributed by atoms with Gasteiger partial charge < -0.3 is 9.84 Å². The first-order chi connectivity index (χ1) is 7.45. The first kappa shape index (κ1) is 13.0. The number of benzene rings is 1. The largest absolute Gasteiger partial charge is 0.496 e. The molecule has 1 rings (SSSR count). The Labute approximate surface area is 100.0 Å². The first-order valence-corrected chi connectivity index (χ1v) is 5.30. The molecule has 0 aliphatic heterocycles. The van der Waals surface area contributed by atoms with Crippen molar-refractivity contribution >= 4 is 17.4 Å². The average molecular weight is 243 g/mol. The summed E-state index contributed by atoms with van der Waals surface area (Å²) in [6.45, 7) is 4.92. The molecule has 0 amide bonds. The standard InChI is InChI=1S/C12H15ClO3/c1-6-7(2)12(16-4)10(9(15)5-14)8(3)11(6)13/h14H,5H2,1-4H3. The van der Waals surface area contributed by atoms with E-state index in [4.69, 9.17) is 21.4 Å². The summed E-state index contributed by atoms with van der Waals surface area (Å²) in [5.74, 6) is 0.123. The summed E-state index contributed by atoms with van der Waals surface area (Å²) in [6.07, 6.45) is 0. The topological polar surface area (TPSA) is 46.5 Å². The molecule has 0 aromatic heterocycles. The van der Waals surface area contributed by atoms with Crippen LogP contribution >= 0.6 is 11.6 Å². The van der Waals surface area contributed by atoms with E-state index in [2.05, 4.69) is 0 Å². The zero-order valence-corrected chi connectivity index (χ0v) is 10.6.